The minimum absolute atomic E-state index is 0.0178. The molecule has 5 nitrogen and oxygen atoms in total. The van der Waals surface area contributed by atoms with Crippen LogP contribution in [0.5, 0.6) is 5.88 Å². The zero-order valence-corrected chi connectivity index (χ0v) is 14.1. The number of fused-ring (bicyclic) bond motifs is 2. The largest absolute Gasteiger partial charge is 0.481 e. The van der Waals surface area contributed by atoms with Crippen LogP contribution < -0.4 is 4.74 Å². The van der Waals surface area contributed by atoms with Crippen molar-refractivity contribution in [2.45, 2.75) is 25.3 Å². The molecule has 1 amide bonds. The molecule has 0 radical (unpaired) electrons. The fraction of sp³-hybridized carbons (Fsp3) is 0.474. The Hall–Kier alpha value is -2.14. The van der Waals surface area contributed by atoms with E-state index in [-0.39, 0.29) is 5.91 Å². The van der Waals surface area contributed by atoms with Crippen LogP contribution in [-0.2, 0) is 0 Å². The molecule has 0 bridgehead atoms. The van der Waals surface area contributed by atoms with Crippen molar-refractivity contribution in [1.82, 2.24) is 14.8 Å². The van der Waals surface area contributed by atoms with Crippen molar-refractivity contribution in [3.63, 3.8) is 0 Å². The van der Waals surface area contributed by atoms with Crippen molar-refractivity contribution in [3.8, 4) is 5.88 Å². The molecule has 2 aliphatic rings. The number of rotatable bonds is 2. The number of nitrogens with zero attached hydrogens (tertiary/aromatic N) is 3. The normalized spacial score (nSPS) is 21.5. The highest BCUT2D eigenvalue weighted by molar-refractivity contribution is 5.98. The van der Waals surface area contributed by atoms with Gasteiger partial charge in [0.1, 0.15) is 5.69 Å². The molecule has 1 aromatic heterocycles. The lowest BCUT2D eigenvalue weighted by molar-refractivity contribution is 0.0368. The van der Waals surface area contributed by atoms with Crippen molar-refractivity contribution in [2.24, 2.45) is 0 Å². The Morgan fingerprint density at radius 1 is 1.21 bits per heavy atom. The molecule has 0 N–H and O–H groups in total. The van der Waals surface area contributed by atoms with Gasteiger partial charge in [-0.25, -0.2) is 4.98 Å². The summed E-state index contributed by atoms with van der Waals surface area (Å²) in [6.45, 7) is 3.75. The molecular formula is C19H23N3O2. The van der Waals surface area contributed by atoms with Gasteiger partial charge in [-0.2, -0.15) is 0 Å². The number of ether oxygens (including phenoxy) is 1. The second kappa shape index (κ2) is 6.40. The van der Waals surface area contributed by atoms with Gasteiger partial charge in [0.15, 0.2) is 0 Å². The van der Waals surface area contributed by atoms with E-state index in [1.165, 1.54) is 25.8 Å². The number of pyridine rings is 1. The van der Waals surface area contributed by atoms with Gasteiger partial charge in [-0.3, -0.25) is 9.69 Å². The van der Waals surface area contributed by atoms with Crippen LogP contribution in [0.1, 0.15) is 29.8 Å². The summed E-state index contributed by atoms with van der Waals surface area (Å²) in [6.07, 6.45) is 3.75. The van der Waals surface area contributed by atoms with Crippen molar-refractivity contribution in [1.29, 1.82) is 0 Å². The van der Waals surface area contributed by atoms with Crippen molar-refractivity contribution < 1.29 is 9.53 Å². The number of hydrogen-bond acceptors (Lipinski definition) is 4. The van der Waals surface area contributed by atoms with E-state index in [2.05, 4.69) is 9.88 Å². The first-order valence-electron chi connectivity index (χ1n) is 8.73. The second-order valence-corrected chi connectivity index (χ2v) is 6.67. The smallest absolute Gasteiger partial charge is 0.272 e. The first-order chi connectivity index (χ1) is 11.8. The third-order valence-electron chi connectivity index (χ3n) is 5.24. The zero-order valence-electron chi connectivity index (χ0n) is 14.1. The van der Waals surface area contributed by atoms with E-state index in [4.69, 9.17) is 4.74 Å². The van der Waals surface area contributed by atoms with Gasteiger partial charge in [0.25, 0.3) is 5.91 Å². The molecule has 2 aliphatic heterocycles. The van der Waals surface area contributed by atoms with Crippen LogP contribution >= 0.6 is 0 Å². The molecule has 2 aromatic rings. The maximum atomic E-state index is 13.0. The fourth-order valence-electron chi connectivity index (χ4n) is 3.93. The monoisotopic (exact) mass is 325 g/mol. The van der Waals surface area contributed by atoms with E-state index < -0.39 is 0 Å². The number of benzene rings is 1. The van der Waals surface area contributed by atoms with Crippen LogP contribution in [0.3, 0.4) is 0 Å². The number of methoxy groups -OCH3 is 1. The van der Waals surface area contributed by atoms with Crippen LogP contribution in [0.2, 0.25) is 0 Å². The van der Waals surface area contributed by atoms with E-state index in [1.807, 2.05) is 35.2 Å². The lowest BCUT2D eigenvalue weighted by Crippen LogP contribution is -2.56. The third-order valence-corrected chi connectivity index (χ3v) is 5.24. The number of piperidine rings is 1. The predicted molar refractivity (Wildman–Crippen MR) is 93.4 cm³/mol. The fourth-order valence-corrected chi connectivity index (χ4v) is 3.93. The van der Waals surface area contributed by atoms with Gasteiger partial charge in [-0.05, 0) is 36.9 Å². The maximum Gasteiger partial charge on any atom is 0.272 e. The summed E-state index contributed by atoms with van der Waals surface area (Å²) < 4.78 is 5.40. The van der Waals surface area contributed by atoms with Gasteiger partial charge >= 0.3 is 0 Å². The van der Waals surface area contributed by atoms with E-state index in [1.54, 1.807) is 7.11 Å². The molecule has 1 aromatic carbocycles. The summed E-state index contributed by atoms with van der Waals surface area (Å²) in [5.41, 5.74) is 0.481. The maximum absolute atomic E-state index is 13.0. The molecule has 5 heteroatoms. The summed E-state index contributed by atoms with van der Waals surface area (Å²) in [5, 5.41) is 1.93. The first kappa shape index (κ1) is 15.4. The minimum atomic E-state index is 0.0178. The Bertz CT molecular complexity index is 761. The number of aromatic nitrogens is 1. The highest BCUT2D eigenvalue weighted by atomic mass is 16.5. The molecular weight excluding hydrogens is 302 g/mol. The van der Waals surface area contributed by atoms with Crippen molar-refractivity contribution in [2.75, 3.05) is 33.3 Å². The van der Waals surface area contributed by atoms with Gasteiger partial charge in [0.2, 0.25) is 5.88 Å². The number of hydrogen-bond donors (Lipinski definition) is 0. The Balaban J connectivity index is 1.61. The van der Waals surface area contributed by atoms with E-state index in [0.717, 1.165) is 30.4 Å². The van der Waals surface area contributed by atoms with Gasteiger partial charge in [-0.1, -0.05) is 24.6 Å². The van der Waals surface area contributed by atoms with Crippen LogP contribution in [0.4, 0.5) is 0 Å². The standard InChI is InChI=1S/C19H23N3O2/c1-24-18-16-8-3-2-6-14(16)12-17(20-18)19(23)22-11-10-21-9-5-4-7-15(21)13-22/h2-3,6,8,12,15H,4-5,7,9-11,13H2,1H3/t15-/m0/s1. The molecule has 2 saturated heterocycles. The van der Waals surface area contributed by atoms with Crippen LogP contribution in [0.25, 0.3) is 10.8 Å². The summed E-state index contributed by atoms with van der Waals surface area (Å²) in [4.78, 5) is 21.9. The van der Waals surface area contributed by atoms with Gasteiger partial charge in [0, 0.05) is 31.1 Å². The average molecular weight is 325 g/mol. The molecule has 1 atom stereocenters. The third kappa shape index (κ3) is 2.73. The Morgan fingerprint density at radius 2 is 2.08 bits per heavy atom. The van der Waals surface area contributed by atoms with Crippen molar-refractivity contribution in [3.05, 3.63) is 36.0 Å². The number of carbonyl (C=O) groups excluding carboxylic acids is 1. The van der Waals surface area contributed by atoms with Crippen LogP contribution in [0.15, 0.2) is 30.3 Å². The molecule has 0 unspecified atom stereocenters. The number of amides is 1. The van der Waals surface area contributed by atoms with Gasteiger partial charge in [0.05, 0.1) is 7.11 Å². The molecule has 24 heavy (non-hydrogen) atoms. The van der Waals surface area contributed by atoms with Crippen molar-refractivity contribution >= 4 is 16.7 Å². The predicted octanol–water partition coefficient (Wildman–Crippen LogP) is 2.55. The Morgan fingerprint density at radius 3 is 2.96 bits per heavy atom. The lowest BCUT2D eigenvalue weighted by Gasteiger charge is -2.43. The second-order valence-electron chi connectivity index (χ2n) is 6.67. The summed E-state index contributed by atoms with van der Waals surface area (Å²) in [5.74, 6) is 0.539. The minimum Gasteiger partial charge on any atom is -0.481 e. The average Bonchev–Trinajstić information content (AvgIpc) is 2.66. The van der Waals surface area contributed by atoms with Crippen LogP contribution in [-0.4, -0.2) is 60.0 Å². The number of piperazine rings is 1. The zero-order chi connectivity index (χ0) is 16.5. The quantitative estimate of drug-likeness (QED) is 0.851. The topological polar surface area (TPSA) is 45.7 Å². The van der Waals surface area contributed by atoms with E-state index in [0.29, 0.717) is 17.6 Å². The molecule has 3 heterocycles. The SMILES string of the molecule is COc1nc(C(=O)N2CCN3CCCC[C@H]3C2)cc2ccccc12. The lowest BCUT2D eigenvalue weighted by atomic mass is 9.99. The molecule has 2 fully saturated rings. The van der Waals surface area contributed by atoms with E-state index >= 15 is 0 Å². The summed E-state index contributed by atoms with van der Waals surface area (Å²) >= 11 is 0. The molecule has 4 rings (SSSR count). The highest BCUT2D eigenvalue weighted by Crippen LogP contribution is 2.26. The summed E-state index contributed by atoms with van der Waals surface area (Å²) in [7, 11) is 1.60. The number of carbonyl (C=O) groups is 1. The summed E-state index contributed by atoms with van der Waals surface area (Å²) in [6, 6.07) is 10.3. The Kier molecular flexibility index (Phi) is 4.10. The first-order valence-corrected chi connectivity index (χ1v) is 8.73. The van der Waals surface area contributed by atoms with Crippen LogP contribution in [0, 0.1) is 0 Å². The van der Waals surface area contributed by atoms with Gasteiger partial charge in [-0.15, -0.1) is 0 Å². The molecule has 0 aliphatic carbocycles. The molecule has 0 saturated carbocycles. The van der Waals surface area contributed by atoms with Gasteiger partial charge < -0.3 is 9.64 Å². The Labute approximate surface area is 142 Å². The highest BCUT2D eigenvalue weighted by Gasteiger charge is 2.32. The molecule has 0 spiro atoms. The molecule has 126 valence electrons. The van der Waals surface area contributed by atoms with E-state index in [9.17, 15) is 4.79 Å².